The van der Waals surface area contributed by atoms with Crippen LogP contribution in [-0.4, -0.2) is 21.4 Å². The van der Waals surface area contributed by atoms with Crippen LogP contribution >= 0.6 is 0 Å². The summed E-state index contributed by atoms with van der Waals surface area (Å²) >= 11 is 0. The fourth-order valence-electron chi connectivity index (χ4n) is 2.58. The molecule has 0 aromatic heterocycles. The van der Waals surface area contributed by atoms with E-state index in [1.165, 1.54) is 13.2 Å². The van der Waals surface area contributed by atoms with Crippen molar-refractivity contribution in [2.24, 2.45) is 0 Å². The van der Waals surface area contributed by atoms with Gasteiger partial charge in [-0.3, -0.25) is 9.52 Å². The van der Waals surface area contributed by atoms with E-state index in [2.05, 4.69) is 10.0 Å². The summed E-state index contributed by atoms with van der Waals surface area (Å²) in [4.78, 5) is 12.6. The summed E-state index contributed by atoms with van der Waals surface area (Å²) in [6.07, 6.45) is 0. The molecule has 0 aliphatic carbocycles. The zero-order valence-electron chi connectivity index (χ0n) is 15.5. The van der Waals surface area contributed by atoms with Crippen molar-refractivity contribution < 1.29 is 17.9 Å². The van der Waals surface area contributed by atoms with Gasteiger partial charge < -0.3 is 10.1 Å². The van der Waals surface area contributed by atoms with Gasteiger partial charge in [-0.1, -0.05) is 35.9 Å². The second-order valence-electron chi connectivity index (χ2n) is 6.15. The minimum Gasteiger partial charge on any atom is -0.495 e. The highest BCUT2D eigenvalue weighted by molar-refractivity contribution is 7.92. The number of benzene rings is 3. The first-order chi connectivity index (χ1) is 13.4. The third kappa shape index (κ3) is 4.50. The van der Waals surface area contributed by atoms with Gasteiger partial charge in [-0.15, -0.1) is 0 Å². The van der Waals surface area contributed by atoms with Crippen LogP contribution in [0, 0.1) is 6.92 Å². The molecule has 2 N–H and O–H groups in total. The number of nitrogens with one attached hydrogen (secondary N) is 2. The quantitative estimate of drug-likeness (QED) is 0.658. The van der Waals surface area contributed by atoms with Crippen molar-refractivity contribution in [1.82, 2.24) is 0 Å². The largest absolute Gasteiger partial charge is 0.495 e. The van der Waals surface area contributed by atoms with E-state index in [0.29, 0.717) is 22.7 Å². The third-order valence-electron chi connectivity index (χ3n) is 4.07. The lowest BCUT2D eigenvalue weighted by molar-refractivity contribution is 0.102. The van der Waals surface area contributed by atoms with E-state index in [9.17, 15) is 13.2 Å². The van der Waals surface area contributed by atoms with Crippen LogP contribution in [0.5, 0.6) is 5.75 Å². The van der Waals surface area contributed by atoms with Gasteiger partial charge in [0.1, 0.15) is 5.75 Å². The first kappa shape index (κ1) is 19.4. The Balaban J connectivity index is 1.86. The van der Waals surface area contributed by atoms with Crippen molar-refractivity contribution >= 4 is 27.3 Å². The van der Waals surface area contributed by atoms with E-state index < -0.39 is 10.0 Å². The van der Waals surface area contributed by atoms with E-state index in [-0.39, 0.29) is 10.8 Å². The molecule has 3 aromatic carbocycles. The van der Waals surface area contributed by atoms with Gasteiger partial charge in [0.25, 0.3) is 15.9 Å². The molecule has 0 heterocycles. The molecule has 0 aliphatic heterocycles. The minimum atomic E-state index is -3.75. The zero-order chi connectivity index (χ0) is 20.1. The van der Waals surface area contributed by atoms with E-state index in [1.54, 1.807) is 60.7 Å². The molecule has 0 fully saturated rings. The van der Waals surface area contributed by atoms with Crippen molar-refractivity contribution in [2.45, 2.75) is 11.8 Å². The average molecular weight is 396 g/mol. The first-order valence-corrected chi connectivity index (χ1v) is 10.0. The summed E-state index contributed by atoms with van der Waals surface area (Å²) in [6, 6.07) is 19.9. The monoisotopic (exact) mass is 396 g/mol. The van der Waals surface area contributed by atoms with Gasteiger partial charge in [0, 0.05) is 5.56 Å². The van der Waals surface area contributed by atoms with E-state index in [4.69, 9.17) is 4.74 Å². The topological polar surface area (TPSA) is 84.5 Å². The van der Waals surface area contributed by atoms with Gasteiger partial charge in [-0.25, -0.2) is 8.42 Å². The summed E-state index contributed by atoms with van der Waals surface area (Å²) in [5.74, 6) is 0.0972. The fraction of sp³-hybridized carbons (Fsp3) is 0.0952. The summed E-state index contributed by atoms with van der Waals surface area (Å²) in [5.41, 5.74) is 2.12. The predicted octanol–water partition coefficient (Wildman–Crippen LogP) is 4.06. The molecule has 6 nitrogen and oxygen atoms in total. The maximum Gasteiger partial charge on any atom is 0.261 e. The van der Waals surface area contributed by atoms with Gasteiger partial charge in [-0.2, -0.15) is 0 Å². The van der Waals surface area contributed by atoms with Crippen LogP contribution < -0.4 is 14.8 Å². The van der Waals surface area contributed by atoms with Gasteiger partial charge >= 0.3 is 0 Å². The number of sulfonamides is 1. The average Bonchev–Trinajstić information content (AvgIpc) is 2.69. The number of hydrogen-bond acceptors (Lipinski definition) is 4. The first-order valence-electron chi connectivity index (χ1n) is 8.53. The Morgan fingerprint density at radius 3 is 2.25 bits per heavy atom. The molecule has 0 saturated carbocycles. The molecule has 28 heavy (non-hydrogen) atoms. The second kappa shape index (κ2) is 8.14. The van der Waals surface area contributed by atoms with Crippen molar-refractivity contribution in [3.8, 4) is 5.75 Å². The molecule has 3 rings (SSSR count). The van der Waals surface area contributed by atoms with Crippen LogP contribution in [0.2, 0.25) is 0 Å². The number of hydrogen-bond donors (Lipinski definition) is 2. The number of rotatable bonds is 6. The molecule has 0 aliphatic rings. The lowest BCUT2D eigenvalue weighted by Crippen LogP contribution is -2.15. The standard InChI is InChI=1S/C21H20N2O4S/c1-15-8-11-18(12-9-15)28(25,26)23-17-10-13-20(27-2)19(14-17)22-21(24)16-6-4-3-5-7-16/h3-14,23H,1-2H3,(H,22,24). The molecule has 0 bridgehead atoms. The van der Waals surface area contributed by atoms with Crippen LogP contribution in [0.25, 0.3) is 0 Å². The van der Waals surface area contributed by atoms with Crippen LogP contribution in [0.4, 0.5) is 11.4 Å². The van der Waals surface area contributed by atoms with Gasteiger partial charge in [-0.05, 0) is 49.4 Å². The Labute approximate surface area is 164 Å². The lowest BCUT2D eigenvalue weighted by atomic mass is 10.2. The predicted molar refractivity (Wildman–Crippen MR) is 109 cm³/mol. The van der Waals surface area contributed by atoms with Crippen LogP contribution in [-0.2, 0) is 10.0 Å². The highest BCUT2D eigenvalue weighted by Gasteiger charge is 2.16. The summed E-state index contributed by atoms with van der Waals surface area (Å²) < 4.78 is 33.0. The number of anilines is 2. The third-order valence-corrected chi connectivity index (χ3v) is 5.46. The Morgan fingerprint density at radius 2 is 1.61 bits per heavy atom. The van der Waals surface area contributed by atoms with Crippen molar-refractivity contribution in [3.05, 3.63) is 83.9 Å². The van der Waals surface area contributed by atoms with Crippen molar-refractivity contribution in [3.63, 3.8) is 0 Å². The SMILES string of the molecule is COc1ccc(NS(=O)(=O)c2ccc(C)cc2)cc1NC(=O)c1ccccc1. The molecule has 0 radical (unpaired) electrons. The number of carbonyl (C=O) groups excluding carboxylic acids is 1. The van der Waals surface area contributed by atoms with E-state index in [0.717, 1.165) is 5.56 Å². The Kier molecular flexibility index (Phi) is 5.65. The molecule has 0 spiro atoms. The van der Waals surface area contributed by atoms with Crippen LogP contribution in [0.1, 0.15) is 15.9 Å². The van der Waals surface area contributed by atoms with Crippen LogP contribution in [0.15, 0.2) is 77.7 Å². The Hall–Kier alpha value is -3.32. The van der Waals surface area contributed by atoms with Gasteiger partial charge in [0.2, 0.25) is 0 Å². The lowest BCUT2D eigenvalue weighted by Gasteiger charge is -2.14. The molecule has 1 amide bonds. The smallest absolute Gasteiger partial charge is 0.261 e. The highest BCUT2D eigenvalue weighted by Crippen LogP contribution is 2.29. The van der Waals surface area contributed by atoms with Crippen molar-refractivity contribution in [2.75, 3.05) is 17.1 Å². The van der Waals surface area contributed by atoms with Crippen LogP contribution in [0.3, 0.4) is 0 Å². The molecule has 0 unspecified atom stereocenters. The van der Waals surface area contributed by atoms with E-state index in [1.807, 2.05) is 13.0 Å². The molecule has 3 aromatic rings. The molecular weight excluding hydrogens is 376 g/mol. The maximum atomic E-state index is 12.6. The molecule has 0 saturated heterocycles. The normalized spacial score (nSPS) is 10.9. The Morgan fingerprint density at radius 1 is 0.929 bits per heavy atom. The summed E-state index contributed by atoms with van der Waals surface area (Å²) in [6.45, 7) is 1.88. The number of amides is 1. The highest BCUT2D eigenvalue weighted by atomic mass is 32.2. The summed E-state index contributed by atoms with van der Waals surface area (Å²) in [5, 5.41) is 2.75. The molecular formula is C21H20N2O4S. The van der Waals surface area contributed by atoms with Gasteiger partial charge in [0.05, 0.1) is 23.4 Å². The van der Waals surface area contributed by atoms with Gasteiger partial charge in [0.15, 0.2) is 0 Å². The summed E-state index contributed by atoms with van der Waals surface area (Å²) in [7, 11) is -2.27. The number of aryl methyl sites for hydroxylation is 1. The number of methoxy groups -OCH3 is 1. The fourth-order valence-corrected chi connectivity index (χ4v) is 3.63. The minimum absolute atomic E-state index is 0.156. The number of ether oxygens (including phenoxy) is 1. The van der Waals surface area contributed by atoms with Crippen molar-refractivity contribution in [1.29, 1.82) is 0 Å². The van der Waals surface area contributed by atoms with E-state index >= 15 is 0 Å². The number of carbonyl (C=O) groups is 1. The molecule has 7 heteroatoms. The molecule has 144 valence electrons. The maximum absolute atomic E-state index is 12.6. The Bertz CT molecular complexity index is 1080. The molecule has 0 atom stereocenters. The zero-order valence-corrected chi connectivity index (χ0v) is 16.3. The second-order valence-corrected chi connectivity index (χ2v) is 7.84.